The van der Waals surface area contributed by atoms with Crippen LogP contribution in [0.5, 0.6) is 0 Å². The highest BCUT2D eigenvalue weighted by Crippen LogP contribution is 2.18. The summed E-state index contributed by atoms with van der Waals surface area (Å²) in [7, 11) is 0. The van der Waals surface area contributed by atoms with Gasteiger partial charge in [-0.05, 0) is 36.6 Å². The minimum absolute atomic E-state index is 0.880. The molecule has 0 radical (unpaired) electrons. The van der Waals surface area contributed by atoms with Gasteiger partial charge in [-0.25, -0.2) is 4.79 Å². The van der Waals surface area contributed by atoms with Crippen molar-refractivity contribution in [3.8, 4) is 0 Å². The highest BCUT2D eigenvalue weighted by atomic mass is 19.4. The van der Waals surface area contributed by atoms with E-state index in [9.17, 15) is 13.2 Å². The third-order valence-corrected chi connectivity index (χ3v) is 3.17. The number of nitrogens with one attached hydrogen (secondary N) is 1. The first kappa shape index (κ1) is 18.5. The predicted octanol–water partition coefficient (Wildman–Crippen LogP) is 4.55. The van der Waals surface area contributed by atoms with Gasteiger partial charge in [-0.3, -0.25) is 0 Å². The third kappa shape index (κ3) is 6.42. The van der Waals surface area contributed by atoms with Gasteiger partial charge < -0.3 is 10.4 Å². The molecule has 6 heteroatoms. The van der Waals surface area contributed by atoms with Crippen LogP contribution in [0.2, 0.25) is 0 Å². The molecule has 2 N–H and O–H groups in total. The normalized spacial score (nSPS) is 10.5. The maximum absolute atomic E-state index is 10.6. The van der Waals surface area contributed by atoms with E-state index in [1.54, 1.807) is 0 Å². The van der Waals surface area contributed by atoms with Crippen LogP contribution in [-0.4, -0.2) is 17.3 Å². The van der Waals surface area contributed by atoms with E-state index in [0.29, 0.717) is 0 Å². The largest absolute Gasteiger partial charge is 0.490 e. The van der Waals surface area contributed by atoms with Crippen LogP contribution in [0.3, 0.4) is 0 Å². The van der Waals surface area contributed by atoms with Gasteiger partial charge in [0.2, 0.25) is 0 Å². The summed E-state index contributed by atoms with van der Waals surface area (Å²) in [5.41, 5.74) is 5.20. The Labute approximate surface area is 132 Å². The molecule has 124 valence electrons. The van der Waals surface area contributed by atoms with E-state index >= 15 is 0 Å². The summed E-state index contributed by atoms with van der Waals surface area (Å²) in [5.74, 6) is -2.76. The Balaban J connectivity index is 0.000000322. The van der Waals surface area contributed by atoms with Gasteiger partial charge in [-0.2, -0.15) is 13.2 Å². The van der Waals surface area contributed by atoms with Crippen molar-refractivity contribution in [3.63, 3.8) is 0 Å². The van der Waals surface area contributed by atoms with Crippen LogP contribution in [-0.2, 0) is 11.3 Å². The second kappa shape index (κ2) is 8.22. The first-order valence-electron chi connectivity index (χ1n) is 6.86. The fourth-order valence-corrected chi connectivity index (χ4v) is 1.74. The van der Waals surface area contributed by atoms with Crippen molar-refractivity contribution >= 4 is 11.7 Å². The van der Waals surface area contributed by atoms with E-state index in [-0.39, 0.29) is 0 Å². The first-order chi connectivity index (χ1) is 10.7. The van der Waals surface area contributed by atoms with Crippen molar-refractivity contribution in [1.29, 1.82) is 0 Å². The lowest BCUT2D eigenvalue weighted by atomic mass is 10.1. The van der Waals surface area contributed by atoms with Gasteiger partial charge >= 0.3 is 12.1 Å². The summed E-state index contributed by atoms with van der Waals surface area (Å²) < 4.78 is 31.7. The molecule has 0 fully saturated rings. The fraction of sp³-hybridized carbons (Fsp3) is 0.235. The lowest BCUT2D eigenvalue weighted by Crippen LogP contribution is -2.21. The van der Waals surface area contributed by atoms with Crippen molar-refractivity contribution in [1.82, 2.24) is 0 Å². The molecule has 0 aliphatic rings. The summed E-state index contributed by atoms with van der Waals surface area (Å²) in [5, 5.41) is 10.6. The molecule has 0 amide bonds. The molecule has 0 atom stereocenters. The fourth-order valence-electron chi connectivity index (χ4n) is 1.74. The smallest absolute Gasteiger partial charge is 0.475 e. The molecule has 0 saturated carbocycles. The van der Waals surface area contributed by atoms with E-state index in [1.807, 2.05) is 6.07 Å². The molecule has 2 aromatic rings. The molecular formula is C17H18F3NO2. The number of hydrogen-bond donors (Lipinski definition) is 2. The van der Waals surface area contributed by atoms with Crippen LogP contribution in [0, 0.1) is 13.8 Å². The Bertz CT molecular complexity index is 640. The Kier molecular flexibility index (Phi) is 6.63. The lowest BCUT2D eigenvalue weighted by molar-refractivity contribution is -0.192. The molecule has 0 spiro atoms. The number of rotatable bonds is 3. The molecule has 2 rings (SSSR count). The molecule has 23 heavy (non-hydrogen) atoms. The minimum atomic E-state index is -5.08. The summed E-state index contributed by atoms with van der Waals surface area (Å²) in [6.45, 7) is 5.18. The monoisotopic (exact) mass is 325 g/mol. The molecule has 0 unspecified atom stereocenters. The zero-order chi connectivity index (χ0) is 17.5. The van der Waals surface area contributed by atoms with Crippen LogP contribution in [0.15, 0.2) is 48.5 Å². The van der Waals surface area contributed by atoms with Crippen molar-refractivity contribution in [2.24, 2.45) is 0 Å². The standard InChI is InChI=1S/C15H17N.C2HF3O2/c1-12-7-6-10-15(13(12)2)16-11-14-8-4-3-5-9-14;3-2(4,5)1(6)7/h3-10,16H,11H2,1-2H3;(H,6,7). The number of benzene rings is 2. The van der Waals surface area contributed by atoms with E-state index < -0.39 is 12.1 Å². The molecule has 0 bridgehead atoms. The lowest BCUT2D eigenvalue weighted by Gasteiger charge is -2.11. The SMILES string of the molecule is Cc1cccc(NCc2ccccc2)c1C.O=C(O)C(F)(F)F. The van der Waals surface area contributed by atoms with Crippen molar-refractivity contribution in [2.75, 3.05) is 5.32 Å². The first-order valence-corrected chi connectivity index (χ1v) is 6.86. The van der Waals surface area contributed by atoms with Crippen LogP contribution in [0.1, 0.15) is 16.7 Å². The van der Waals surface area contributed by atoms with Gasteiger partial charge in [0.25, 0.3) is 0 Å². The number of carboxylic acid groups (broad SMARTS) is 1. The Hall–Kier alpha value is -2.50. The number of carboxylic acids is 1. The average molecular weight is 325 g/mol. The van der Waals surface area contributed by atoms with Crippen molar-refractivity contribution in [2.45, 2.75) is 26.6 Å². The topological polar surface area (TPSA) is 49.3 Å². The number of alkyl halides is 3. The van der Waals surface area contributed by atoms with Gasteiger partial charge in [0, 0.05) is 12.2 Å². The number of anilines is 1. The zero-order valence-corrected chi connectivity index (χ0v) is 12.8. The van der Waals surface area contributed by atoms with Gasteiger partial charge in [-0.15, -0.1) is 0 Å². The molecule has 0 aliphatic carbocycles. The summed E-state index contributed by atoms with van der Waals surface area (Å²) in [6, 6.07) is 16.8. The molecule has 2 aromatic carbocycles. The number of aryl methyl sites for hydroxylation is 1. The van der Waals surface area contributed by atoms with Gasteiger partial charge in [0.1, 0.15) is 0 Å². The predicted molar refractivity (Wildman–Crippen MR) is 83.4 cm³/mol. The van der Waals surface area contributed by atoms with Crippen LogP contribution < -0.4 is 5.32 Å². The van der Waals surface area contributed by atoms with Gasteiger partial charge in [0.05, 0.1) is 0 Å². The average Bonchev–Trinajstić information content (AvgIpc) is 2.49. The van der Waals surface area contributed by atoms with Gasteiger partial charge in [0.15, 0.2) is 0 Å². The molecule has 0 aromatic heterocycles. The molecule has 0 aliphatic heterocycles. The maximum Gasteiger partial charge on any atom is 0.490 e. The van der Waals surface area contributed by atoms with E-state index in [1.165, 1.54) is 22.4 Å². The molecular weight excluding hydrogens is 307 g/mol. The van der Waals surface area contributed by atoms with Crippen LogP contribution in [0.4, 0.5) is 18.9 Å². The van der Waals surface area contributed by atoms with Crippen molar-refractivity contribution in [3.05, 3.63) is 65.2 Å². The van der Waals surface area contributed by atoms with Crippen LogP contribution >= 0.6 is 0 Å². The summed E-state index contributed by atoms with van der Waals surface area (Å²) in [4.78, 5) is 8.90. The van der Waals surface area contributed by atoms with Crippen LogP contribution in [0.25, 0.3) is 0 Å². The summed E-state index contributed by atoms with van der Waals surface area (Å²) in [6.07, 6.45) is -5.08. The summed E-state index contributed by atoms with van der Waals surface area (Å²) >= 11 is 0. The second-order valence-corrected chi connectivity index (χ2v) is 4.89. The highest BCUT2D eigenvalue weighted by Gasteiger charge is 2.38. The molecule has 3 nitrogen and oxygen atoms in total. The number of hydrogen-bond acceptors (Lipinski definition) is 2. The second-order valence-electron chi connectivity index (χ2n) is 4.89. The van der Waals surface area contributed by atoms with E-state index in [2.05, 4.69) is 61.6 Å². The minimum Gasteiger partial charge on any atom is -0.475 e. The van der Waals surface area contributed by atoms with E-state index in [4.69, 9.17) is 9.90 Å². The number of aliphatic carboxylic acids is 1. The van der Waals surface area contributed by atoms with Crippen molar-refractivity contribution < 1.29 is 23.1 Å². The zero-order valence-electron chi connectivity index (χ0n) is 12.8. The Morgan fingerprint density at radius 3 is 2.13 bits per heavy atom. The highest BCUT2D eigenvalue weighted by molar-refractivity contribution is 5.73. The molecule has 0 heterocycles. The Morgan fingerprint density at radius 1 is 1.04 bits per heavy atom. The maximum atomic E-state index is 10.6. The van der Waals surface area contributed by atoms with Gasteiger partial charge in [-0.1, -0.05) is 42.5 Å². The Morgan fingerprint density at radius 2 is 1.61 bits per heavy atom. The third-order valence-electron chi connectivity index (χ3n) is 3.17. The number of halogens is 3. The molecule has 0 saturated heterocycles. The quantitative estimate of drug-likeness (QED) is 0.870. The van der Waals surface area contributed by atoms with E-state index in [0.717, 1.165) is 6.54 Å². The number of carbonyl (C=O) groups is 1.